The van der Waals surface area contributed by atoms with Gasteiger partial charge in [-0.3, -0.25) is 28.7 Å². The van der Waals surface area contributed by atoms with Crippen molar-refractivity contribution in [3.63, 3.8) is 0 Å². The highest BCUT2D eigenvalue weighted by atomic mass is 32.1. The number of nitrogens with zero attached hydrogens (tertiary/aromatic N) is 3. The van der Waals surface area contributed by atoms with Crippen molar-refractivity contribution in [1.82, 2.24) is 25.2 Å². The van der Waals surface area contributed by atoms with Crippen LogP contribution in [-0.4, -0.2) is 96.1 Å². The van der Waals surface area contributed by atoms with Gasteiger partial charge in [0.25, 0.3) is 5.91 Å². The lowest BCUT2D eigenvalue weighted by molar-refractivity contribution is -0.148. The highest BCUT2D eigenvalue weighted by Gasteiger charge is 2.47. The number of carbonyl (C=O) groups excluding carboxylic acids is 4. The molecule has 3 aliphatic heterocycles. The minimum atomic E-state index is -3.77. The second kappa shape index (κ2) is 18.3. The van der Waals surface area contributed by atoms with Gasteiger partial charge in [-0.25, -0.2) is 5.09 Å². The van der Waals surface area contributed by atoms with Gasteiger partial charge in [-0.15, -0.1) is 11.3 Å². The van der Waals surface area contributed by atoms with Crippen LogP contribution < -0.4 is 14.9 Å². The number of fused-ring (bicyclic) bond motifs is 2. The summed E-state index contributed by atoms with van der Waals surface area (Å²) in [7, 11) is -2.24. The van der Waals surface area contributed by atoms with Gasteiger partial charge in [-0.05, 0) is 97.9 Å². The maximum atomic E-state index is 14.6. The van der Waals surface area contributed by atoms with Gasteiger partial charge in [0.1, 0.15) is 23.9 Å². The fourth-order valence-electron chi connectivity index (χ4n) is 7.97. The lowest BCUT2D eigenvalue weighted by Crippen LogP contribution is -2.58. The molecule has 3 fully saturated rings. The summed E-state index contributed by atoms with van der Waals surface area (Å²) >= 11 is 1.31. The zero-order valence-corrected chi connectivity index (χ0v) is 34.1. The van der Waals surface area contributed by atoms with Crippen LogP contribution in [0.1, 0.15) is 78.6 Å². The van der Waals surface area contributed by atoms with Gasteiger partial charge in [-0.1, -0.05) is 37.3 Å². The highest BCUT2D eigenvalue weighted by Crippen LogP contribution is 2.48. The molecule has 0 radical (unpaired) electrons. The normalized spacial score (nSPS) is 21.2. The molecule has 7 rings (SSSR count). The van der Waals surface area contributed by atoms with Crippen LogP contribution in [0.4, 0.5) is 0 Å². The van der Waals surface area contributed by atoms with Gasteiger partial charge in [0.15, 0.2) is 0 Å². The van der Waals surface area contributed by atoms with E-state index in [-0.39, 0.29) is 55.5 Å². The van der Waals surface area contributed by atoms with Gasteiger partial charge >= 0.3 is 13.5 Å². The van der Waals surface area contributed by atoms with Crippen LogP contribution in [0.3, 0.4) is 0 Å². The van der Waals surface area contributed by atoms with E-state index in [0.717, 1.165) is 34.9 Å². The van der Waals surface area contributed by atoms with E-state index in [9.17, 15) is 23.7 Å². The molecule has 15 heteroatoms. The summed E-state index contributed by atoms with van der Waals surface area (Å²) in [5.74, 6) is -0.476. The number of benzene rings is 2. The smallest absolute Gasteiger partial charge is 0.323 e. The third kappa shape index (κ3) is 9.58. The number of methoxy groups -OCH3 is 1. The van der Waals surface area contributed by atoms with Crippen molar-refractivity contribution in [2.75, 3.05) is 33.4 Å². The molecular formula is C42H50N5O8PS. The number of esters is 1. The Labute approximate surface area is 337 Å². The molecule has 0 bridgehead atoms. The van der Waals surface area contributed by atoms with Crippen LogP contribution in [0.25, 0.3) is 10.1 Å². The molecule has 0 spiro atoms. The molecule has 1 unspecified atom stereocenters. The molecule has 3 aliphatic rings. The number of aromatic nitrogens is 1. The Morgan fingerprint density at radius 1 is 1.00 bits per heavy atom. The lowest BCUT2D eigenvalue weighted by Gasteiger charge is -2.42. The quantitative estimate of drug-likeness (QED) is 0.0975. The Bertz CT molecular complexity index is 2100. The minimum absolute atomic E-state index is 0.0138. The van der Waals surface area contributed by atoms with Crippen molar-refractivity contribution in [2.45, 2.75) is 88.1 Å². The summed E-state index contributed by atoms with van der Waals surface area (Å²) in [5, 5.41) is 6.77. The maximum absolute atomic E-state index is 14.6. The van der Waals surface area contributed by atoms with Gasteiger partial charge in [0.05, 0.1) is 17.6 Å². The summed E-state index contributed by atoms with van der Waals surface area (Å²) in [6.07, 6.45) is 7.87. The molecule has 2 N–H and O–H groups in total. The second-order valence-electron chi connectivity index (χ2n) is 15.0. The van der Waals surface area contributed by atoms with Crippen LogP contribution in [0.15, 0.2) is 79.1 Å². The van der Waals surface area contributed by atoms with Crippen molar-refractivity contribution in [1.29, 1.82) is 0 Å². The molecule has 302 valence electrons. The Balaban J connectivity index is 1.03. The van der Waals surface area contributed by atoms with E-state index < -0.39 is 31.6 Å². The molecule has 4 aromatic rings. The van der Waals surface area contributed by atoms with E-state index in [1.54, 1.807) is 41.4 Å². The van der Waals surface area contributed by atoms with Crippen LogP contribution in [0.2, 0.25) is 0 Å². The number of ether oxygens (including phenoxy) is 2. The summed E-state index contributed by atoms with van der Waals surface area (Å²) in [6, 6.07) is 17.8. The molecular weight excluding hydrogens is 766 g/mol. The highest BCUT2D eigenvalue weighted by molar-refractivity contribution is 7.56. The van der Waals surface area contributed by atoms with E-state index >= 15 is 0 Å². The summed E-state index contributed by atoms with van der Waals surface area (Å²) in [5.41, 5.74) is 1.79. The first-order chi connectivity index (χ1) is 27.6. The average molecular weight is 816 g/mol. The average Bonchev–Trinajstić information content (AvgIpc) is 3.79. The number of hydrogen-bond donors (Lipinski definition) is 2. The number of para-hydroxylation sites is 1. The van der Waals surface area contributed by atoms with Crippen molar-refractivity contribution in [2.24, 2.45) is 0 Å². The largest absolute Gasteiger partial charge is 0.465 e. The zero-order chi connectivity index (χ0) is 39.9. The van der Waals surface area contributed by atoms with Crippen molar-refractivity contribution in [3.8, 4) is 5.75 Å². The summed E-state index contributed by atoms with van der Waals surface area (Å²) < 4.78 is 32.2. The van der Waals surface area contributed by atoms with Gasteiger partial charge in [0.2, 0.25) is 11.8 Å². The van der Waals surface area contributed by atoms with Crippen molar-refractivity contribution >= 4 is 52.6 Å². The third-order valence-electron chi connectivity index (χ3n) is 10.9. The van der Waals surface area contributed by atoms with Gasteiger partial charge in [-0.2, -0.15) is 0 Å². The molecule has 3 saturated heterocycles. The predicted molar refractivity (Wildman–Crippen MR) is 217 cm³/mol. The molecule has 5 heterocycles. The fourth-order valence-corrected chi connectivity index (χ4v) is 11.0. The Morgan fingerprint density at radius 3 is 2.58 bits per heavy atom. The Morgan fingerprint density at radius 2 is 1.82 bits per heavy atom. The topological polar surface area (TPSA) is 156 Å². The number of thiophene rings is 1. The van der Waals surface area contributed by atoms with E-state index in [4.69, 9.17) is 14.0 Å². The van der Waals surface area contributed by atoms with Gasteiger partial charge < -0.3 is 29.1 Å². The second-order valence-corrected chi connectivity index (χ2v) is 18.2. The van der Waals surface area contributed by atoms with Crippen LogP contribution >= 0.6 is 18.9 Å². The third-order valence-corrected chi connectivity index (χ3v) is 14.0. The maximum Gasteiger partial charge on any atom is 0.323 e. The summed E-state index contributed by atoms with van der Waals surface area (Å²) in [6.45, 7) is 3.60. The van der Waals surface area contributed by atoms with Crippen LogP contribution in [0.5, 0.6) is 5.75 Å². The first-order valence-electron chi connectivity index (χ1n) is 19.8. The number of rotatable bonds is 16. The van der Waals surface area contributed by atoms with Crippen molar-refractivity contribution in [3.05, 3.63) is 95.1 Å². The SMILES string of the molecule is CCCOC(=O)[C@H](CCOC)NP(=O)(Cc1ccc2sc(C(=O)N[C@H]3CCC[C@H]4CC[C@@H](C(=O)N5CC(c6cccnc6)C5)N4C3=O)cc2c1)Oc1ccccc1. The van der Waals surface area contributed by atoms with E-state index in [1.807, 2.05) is 54.4 Å². The molecule has 5 atom stereocenters. The van der Waals surface area contributed by atoms with E-state index in [0.29, 0.717) is 48.5 Å². The van der Waals surface area contributed by atoms with Crippen LogP contribution in [0, 0.1) is 0 Å². The molecule has 57 heavy (non-hydrogen) atoms. The Hall–Kier alpha value is -4.62. The van der Waals surface area contributed by atoms with Gasteiger partial charge in [0, 0.05) is 55.9 Å². The molecule has 2 aromatic heterocycles. The monoisotopic (exact) mass is 815 g/mol. The standard InChI is InChI=1S/C42H50N5O8PS/c1-3-20-54-42(51)35(18-21-53-2)45-56(52,55-33-11-5-4-6-12-33)27-28-14-17-37-30(22-28)23-38(57-37)39(48)44-34-13-7-10-32-15-16-36(47(32)40(34)49)41(50)46-25-31(26-46)29-9-8-19-43-24-29/h4-6,8-9,11-12,14,17,19,22-24,31-32,34-36H,3,7,10,13,15-16,18,20-21,25-27H2,1-2H3,(H,44,48)(H,45,52)/t32-,34-,35-,36-,56?/m0/s1. The first kappa shape index (κ1) is 40.6. The number of pyridine rings is 1. The number of amides is 3. The number of carbonyl (C=O) groups is 4. The number of hydrogen-bond acceptors (Lipinski definition) is 10. The minimum Gasteiger partial charge on any atom is -0.465 e. The number of likely N-dealkylation sites (tertiary alicyclic amines) is 1. The molecule has 3 amide bonds. The van der Waals surface area contributed by atoms with Crippen LogP contribution in [-0.2, 0) is 34.6 Å². The number of nitrogens with one attached hydrogen (secondary N) is 2. The zero-order valence-electron chi connectivity index (χ0n) is 32.3. The molecule has 2 aromatic carbocycles. The van der Waals surface area contributed by atoms with E-state index in [2.05, 4.69) is 15.4 Å². The Kier molecular flexibility index (Phi) is 13.0. The van der Waals surface area contributed by atoms with E-state index in [1.165, 1.54) is 18.4 Å². The first-order valence-corrected chi connectivity index (χ1v) is 22.4. The molecule has 13 nitrogen and oxygen atoms in total. The summed E-state index contributed by atoms with van der Waals surface area (Å²) in [4.78, 5) is 62.8. The fraction of sp³-hybridized carbons (Fsp3) is 0.452. The molecule has 0 aliphatic carbocycles. The van der Waals surface area contributed by atoms with Crippen molar-refractivity contribution < 1.29 is 37.7 Å². The predicted octanol–water partition coefficient (Wildman–Crippen LogP) is 6.28. The molecule has 0 saturated carbocycles. The lowest BCUT2D eigenvalue weighted by atomic mass is 9.92.